The molecule has 0 atom stereocenters. The van der Waals surface area contributed by atoms with Crippen LogP contribution in [0.15, 0.2) is 49.1 Å². The minimum atomic E-state index is -0.466. The number of nitrogens with one attached hydrogen (secondary N) is 2. The molecule has 0 radical (unpaired) electrons. The molecule has 0 amide bonds. The van der Waals surface area contributed by atoms with Crippen molar-refractivity contribution >= 4 is 5.82 Å². The number of anilines is 1. The van der Waals surface area contributed by atoms with E-state index in [9.17, 15) is 9.50 Å². The summed E-state index contributed by atoms with van der Waals surface area (Å²) >= 11 is 0. The Kier molecular flexibility index (Phi) is 3.51. The van der Waals surface area contributed by atoms with Gasteiger partial charge in [-0.2, -0.15) is 0 Å². The molecule has 0 aliphatic carbocycles. The van der Waals surface area contributed by atoms with Gasteiger partial charge in [0.15, 0.2) is 0 Å². The van der Waals surface area contributed by atoms with Crippen LogP contribution in [0.1, 0.15) is 5.56 Å². The second kappa shape index (κ2) is 5.62. The molecular weight excluding hydrogens is 271 g/mol. The van der Waals surface area contributed by atoms with Gasteiger partial charge in [0.25, 0.3) is 0 Å². The van der Waals surface area contributed by atoms with Crippen molar-refractivity contribution < 1.29 is 9.50 Å². The summed E-state index contributed by atoms with van der Waals surface area (Å²) in [6.07, 6.45) is 4.97. The molecule has 0 fully saturated rings. The van der Waals surface area contributed by atoms with Gasteiger partial charge >= 0.3 is 0 Å². The van der Waals surface area contributed by atoms with Gasteiger partial charge in [0.2, 0.25) is 0 Å². The minimum Gasteiger partial charge on any atom is -0.507 e. The van der Waals surface area contributed by atoms with Crippen LogP contribution in [-0.4, -0.2) is 20.1 Å². The molecule has 0 spiro atoms. The van der Waals surface area contributed by atoms with E-state index in [0.717, 1.165) is 17.3 Å². The van der Waals surface area contributed by atoms with Crippen LogP contribution in [0.4, 0.5) is 10.2 Å². The van der Waals surface area contributed by atoms with Crippen LogP contribution in [0, 0.1) is 5.82 Å². The third-order valence-corrected chi connectivity index (χ3v) is 3.09. The van der Waals surface area contributed by atoms with E-state index in [1.54, 1.807) is 18.7 Å². The molecule has 3 rings (SSSR count). The SMILES string of the molecule is Oc1cc(F)ccc1CNc1ncccc1-c1cnc[nH]1. The van der Waals surface area contributed by atoms with Gasteiger partial charge in [0.1, 0.15) is 17.4 Å². The van der Waals surface area contributed by atoms with E-state index < -0.39 is 5.82 Å². The topological polar surface area (TPSA) is 73.8 Å². The number of rotatable bonds is 4. The van der Waals surface area contributed by atoms with Gasteiger partial charge in [0, 0.05) is 29.9 Å². The Morgan fingerprint density at radius 3 is 2.95 bits per heavy atom. The van der Waals surface area contributed by atoms with Gasteiger partial charge in [-0.15, -0.1) is 0 Å². The predicted octanol–water partition coefficient (Wildman–Crippen LogP) is 2.93. The van der Waals surface area contributed by atoms with Crippen molar-refractivity contribution in [3.8, 4) is 17.0 Å². The Hall–Kier alpha value is -2.89. The number of hydrogen-bond donors (Lipinski definition) is 3. The van der Waals surface area contributed by atoms with Crippen LogP contribution in [0.3, 0.4) is 0 Å². The molecule has 3 aromatic rings. The molecule has 0 bridgehead atoms. The number of phenols is 1. The van der Waals surface area contributed by atoms with Crippen LogP contribution >= 0.6 is 0 Å². The molecule has 0 unspecified atom stereocenters. The largest absolute Gasteiger partial charge is 0.507 e. The van der Waals surface area contributed by atoms with Crippen LogP contribution in [0.2, 0.25) is 0 Å². The zero-order chi connectivity index (χ0) is 14.7. The number of aromatic nitrogens is 3. The molecule has 0 aliphatic rings. The Bertz CT molecular complexity index is 743. The standard InChI is InChI=1S/C15H13FN4O/c16-11-4-3-10(14(21)6-11)7-19-15-12(2-1-5-18-15)13-8-17-9-20-13/h1-6,8-9,21H,7H2,(H,17,20)(H,18,19). The van der Waals surface area contributed by atoms with Gasteiger partial charge in [-0.05, 0) is 18.2 Å². The molecule has 3 N–H and O–H groups in total. The molecule has 106 valence electrons. The first kappa shape index (κ1) is 13.1. The Morgan fingerprint density at radius 1 is 1.29 bits per heavy atom. The predicted molar refractivity (Wildman–Crippen MR) is 77.2 cm³/mol. The first-order chi connectivity index (χ1) is 10.2. The number of phenolic OH excluding ortho intramolecular Hbond substituents is 1. The van der Waals surface area contributed by atoms with Gasteiger partial charge in [-0.1, -0.05) is 6.07 Å². The van der Waals surface area contributed by atoms with Crippen LogP contribution in [-0.2, 0) is 6.54 Å². The maximum Gasteiger partial charge on any atom is 0.135 e. The number of aromatic hydroxyl groups is 1. The molecule has 0 saturated carbocycles. The Labute approximate surface area is 120 Å². The Balaban J connectivity index is 1.83. The monoisotopic (exact) mass is 284 g/mol. The summed E-state index contributed by atoms with van der Waals surface area (Å²) in [6, 6.07) is 7.68. The number of halogens is 1. The Morgan fingerprint density at radius 2 is 2.19 bits per heavy atom. The highest BCUT2D eigenvalue weighted by molar-refractivity contribution is 5.71. The second-order valence-electron chi connectivity index (χ2n) is 4.49. The number of H-pyrrole nitrogens is 1. The number of imidazole rings is 1. The van der Waals surface area contributed by atoms with E-state index >= 15 is 0 Å². The van der Waals surface area contributed by atoms with Crippen molar-refractivity contribution in [1.82, 2.24) is 15.0 Å². The van der Waals surface area contributed by atoms with Crippen LogP contribution < -0.4 is 5.32 Å². The molecule has 21 heavy (non-hydrogen) atoms. The molecule has 2 aromatic heterocycles. The summed E-state index contributed by atoms with van der Waals surface area (Å²) in [4.78, 5) is 11.3. The summed E-state index contributed by atoms with van der Waals surface area (Å²) in [7, 11) is 0. The van der Waals surface area contributed by atoms with Crippen LogP contribution in [0.25, 0.3) is 11.3 Å². The lowest BCUT2D eigenvalue weighted by Crippen LogP contribution is -2.03. The van der Waals surface area contributed by atoms with E-state index in [0.29, 0.717) is 17.9 Å². The summed E-state index contributed by atoms with van der Waals surface area (Å²) in [6.45, 7) is 0.338. The number of nitrogens with zero attached hydrogens (tertiary/aromatic N) is 2. The maximum atomic E-state index is 13.0. The second-order valence-corrected chi connectivity index (χ2v) is 4.49. The third kappa shape index (κ3) is 2.84. The van der Waals surface area contributed by atoms with Crippen molar-refractivity contribution in [3.05, 3.63) is 60.4 Å². The molecule has 0 aliphatic heterocycles. The molecular formula is C15H13FN4O. The van der Waals surface area contributed by atoms with Gasteiger partial charge in [-0.3, -0.25) is 0 Å². The first-order valence-corrected chi connectivity index (χ1v) is 6.39. The maximum absolute atomic E-state index is 13.0. The third-order valence-electron chi connectivity index (χ3n) is 3.09. The fourth-order valence-corrected chi connectivity index (χ4v) is 2.03. The number of hydrogen-bond acceptors (Lipinski definition) is 4. The highest BCUT2D eigenvalue weighted by Crippen LogP contribution is 2.25. The first-order valence-electron chi connectivity index (χ1n) is 6.39. The zero-order valence-electron chi connectivity index (χ0n) is 11.0. The van der Waals surface area contributed by atoms with Gasteiger partial charge in [0.05, 0.1) is 18.2 Å². The average Bonchev–Trinajstić information content (AvgIpc) is 3.01. The average molecular weight is 284 g/mol. The van der Waals surface area contributed by atoms with Crippen LogP contribution in [0.5, 0.6) is 5.75 Å². The molecule has 0 saturated heterocycles. The summed E-state index contributed by atoms with van der Waals surface area (Å²) in [5.41, 5.74) is 2.31. The number of benzene rings is 1. The van der Waals surface area contributed by atoms with Crippen molar-refractivity contribution in [2.75, 3.05) is 5.32 Å². The van der Waals surface area contributed by atoms with E-state index in [2.05, 4.69) is 20.3 Å². The summed E-state index contributed by atoms with van der Waals surface area (Å²) < 4.78 is 13.0. The molecule has 6 heteroatoms. The van der Waals surface area contributed by atoms with Crippen molar-refractivity contribution in [2.45, 2.75) is 6.54 Å². The lowest BCUT2D eigenvalue weighted by atomic mass is 10.1. The molecule has 5 nitrogen and oxygen atoms in total. The van der Waals surface area contributed by atoms with Crippen molar-refractivity contribution in [1.29, 1.82) is 0 Å². The quantitative estimate of drug-likeness (QED) is 0.688. The fourth-order valence-electron chi connectivity index (χ4n) is 2.03. The highest BCUT2D eigenvalue weighted by atomic mass is 19.1. The lowest BCUT2D eigenvalue weighted by molar-refractivity contribution is 0.463. The van der Waals surface area contributed by atoms with E-state index in [1.165, 1.54) is 12.1 Å². The lowest BCUT2D eigenvalue weighted by Gasteiger charge is -2.10. The van der Waals surface area contributed by atoms with E-state index in [4.69, 9.17) is 0 Å². The zero-order valence-corrected chi connectivity index (χ0v) is 11.0. The van der Waals surface area contributed by atoms with Gasteiger partial charge in [-0.25, -0.2) is 14.4 Å². The van der Waals surface area contributed by atoms with Crippen molar-refractivity contribution in [2.24, 2.45) is 0 Å². The molecule has 1 aromatic carbocycles. The van der Waals surface area contributed by atoms with E-state index in [1.807, 2.05) is 12.1 Å². The summed E-state index contributed by atoms with van der Waals surface area (Å²) in [5.74, 6) is 0.110. The molecule has 2 heterocycles. The smallest absolute Gasteiger partial charge is 0.135 e. The fraction of sp³-hybridized carbons (Fsp3) is 0.0667. The van der Waals surface area contributed by atoms with Gasteiger partial charge < -0.3 is 15.4 Å². The number of aromatic amines is 1. The minimum absolute atomic E-state index is 0.0819. The number of pyridine rings is 1. The highest BCUT2D eigenvalue weighted by Gasteiger charge is 2.08. The normalized spacial score (nSPS) is 10.5. The van der Waals surface area contributed by atoms with Crippen molar-refractivity contribution in [3.63, 3.8) is 0 Å². The summed E-state index contributed by atoms with van der Waals surface area (Å²) in [5, 5.41) is 12.8. The van der Waals surface area contributed by atoms with E-state index in [-0.39, 0.29) is 5.75 Å².